The SMILES string of the molecule is C[C@H](N)C(=O)N[C@@H](C)C(=O)N[C@@H](Cc1ccccc1)C(=O)N1CCC[C@@H]1C(=O)O. The Morgan fingerprint density at radius 3 is 2.38 bits per heavy atom. The number of benzene rings is 1. The fourth-order valence-electron chi connectivity index (χ4n) is 3.24. The second-order valence-electron chi connectivity index (χ2n) is 7.30. The highest BCUT2D eigenvalue weighted by Gasteiger charge is 2.38. The Bertz CT molecular complexity index is 752. The molecule has 2 rings (SSSR count). The first kappa shape index (κ1) is 22.4. The van der Waals surface area contributed by atoms with E-state index in [1.54, 1.807) is 0 Å². The molecule has 4 atom stereocenters. The van der Waals surface area contributed by atoms with E-state index in [1.807, 2.05) is 30.3 Å². The minimum absolute atomic E-state index is 0.211. The van der Waals surface area contributed by atoms with Gasteiger partial charge in [0.2, 0.25) is 17.7 Å². The monoisotopic (exact) mass is 404 g/mol. The maximum atomic E-state index is 13.1. The summed E-state index contributed by atoms with van der Waals surface area (Å²) in [4.78, 5) is 50.2. The predicted octanol–water partition coefficient (Wildman–Crippen LogP) is -0.359. The van der Waals surface area contributed by atoms with Gasteiger partial charge in [-0.05, 0) is 32.3 Å². The lowest BCUT2D eigenvalue weighted by Gasteiger charge is -2.28. The highest BCUT2D eigenvalue weighted by molar-refractivity contribution is 5.94. The van der Waals surface area contributed by atoms with E-state index in [-0.39, 0.29) is 6.42 Å². The van der Waals surface area contributed by atoms with E-state index in [4.69, 9.17) is 5.73 Å². The Morgan fingerprint density at radius 1 is 1.14 bits per heavy atom. The molecular formula is C20H28N4O5. The van der Waals surface area contributed by atoms with E-state index in [9.17, 15) is 24.3 Å². The maximum Gasteiger partial charge on any atom is 0.326 e. The van der Waals surface area contributed by atoms with Gasteiger partial charge in [0.05, 0.1) is 6.04 Å². The summed E-state index contributed by atoms with van der Waals surface area (Å²) in [6.07, 6.45) is 1.19. The molecule has 0 spiro atoms. The molecule has 1 saturated heterocycles. The van der Waals surface area contributed by atoms with Crippen LogP contribution in [-0.2, 0) is 25.6 Å². The second kappa shape index (κ2) is 10.0. The Hall–Kier alpha value is -2.94. The molecule has 0 aliphatic carbocycles. The van der Waals surface area contributed by atoms with Gasteiger partial charge in [-0.2, -0.15) is 0 Å². The summed E-state index contributed by atoms with van der Waals surface area (Å²) < 4.78 is 0. The van der Waals surface area contributed by atoms with E-state index < -0.39 is 47.9 Å². The van der Waals surface area contributed by atoms with Crippen LogP contribution < -0.4 is 16.4 Å². The zero-order valence-electron chi connectivity index (χ0n) is 16.6. The lowest BCUT2D eigenvalue weighted by Crippen LogP contribution is -2.56. The number of carboxylic acid groups (broad SMARTS) is 1. The fourth-order valence-corrected chi connectivity index (χ4v) is 3.24. The number of nitrogens with one attached hydrogen (secondary N) is 2. The van der Waals surface area contributed by atoms with Gasteiger partial charge in [0, 0.05) is 13.0 Å². The van der Waals surface area contributed by atoms with Crippen LogP contribution >= 0.6 is 0 Å². The van der Waals surface area contributed by atoms with Gasteiger partial charge in [-0.15, -0.1) is 0 Å². The molecule has 0 aromatic heterocycles. The molecule has 9 nitrogen and oxygen atoms in total. The molecule has 158 valence electrons. The quantitative estimate of drug-likeness (QED) is 0.466. The first-order valence-corrected chi connectivity index (χ1v) is 9.64. The van der Waals surface area contributed by atoms with Gasteiger partial charge in [0.15, 0.2) is 0 Å². The molecule has 0 saturated carbocycles. The summed E-state index contributed by atoms with van der Waals surface area (Å²) in [6.45, 7) is 3.32. The Balaban J connectivity index is 2.16. The summed E-state index contributed by atoms with van der Waals surface area (Å²) >= 11 is 0. The van der Waals surface area contributed by atoms with Crippen molar-refractivity contribution in [3.63, 3.8) is 0 Å². The van der Waals surface area contributed by atoms with Gasteiger partial charge in [0.25, 0.3) is 0 Å². The standard InChI is InChI=1S/C20H28N4O5/c1-12(21)17(25)22-13(2)18(26)23-15(11-14-7-4-3-5-8-14)19(27)24-10-6-9-16(24)20(28)29/h3-5,7-8,12-13,15-16H,6,9-11,21H2,1-2H3,(H,22,25)(H,23,26)(H,28,29)/t12-,13-,15-,16+/m0/s1. The van der Waals surface area contributed by atoms with E-state index in [2.05, 4.69) is 10.6 Å². The lowest BCUT2D eigenvalue weighted by molar-refractivity contribution is -0.149. The van der Waals surface area contributed by atoms with Crippen LogP contribution in [0.3, 0.4) is 0 Å². The van der Waals surface area contributed by atoms with Gasteiger partial charge >= 0.3 is 5.97 Å². The van der Waals surface area contributed by atoms with E-state index in [0.29, 0.717) is 19.4 Å². The van der Waals surface area contributed by atoms with Crippen LogP contribution in [0.2, 0.25) is 0 Å². The zero-order valence-corrected chi connectivity index (χ0v) is 16.6. The number of rotatable bonds is 8. The van der Waals surface area contributed by atoms with E-state index in [1.165, 1.54) is 18.7 Å². The number of carbonyl (C=O) groups excluding carboxylic acids is 3. The molecule has 1 aromatic rings. The van der Waals surface area contributed by atoms with Crippen LogP contribution in [0.15, 0.2) is 30.3 Å². The van der Waals surface area contributed by atoms with Crippen molar-refractivity contribution in [3.05, 3.63) is 35.9 Å². The van der Waals surface area contributed by atoms with Crippen LogP contribution in [0, 0.1) is 0 Å². The number of hydrogen-bond acceptors (Lipinski definition) is 5. The van der Waals surface area contributed by atoms with Crippen LogP contribution in [0.1, 0.15) is 32.3 Å². The normalized spacial score (nSPS) is 19.1. The molecule has 9 heteroatoms. The Labute approximate surface area is 169 Å². The average Bonchev–Trinajstić information content (AvgIpc) is 3.17. The van der Waals surface area contributed by atoms with Crippen molar-refractivity contribution in [2.45, 2.75) is 57.3 Å². The number of nitrogens with two attached hydrogens (primary N) is 1. The number of amides is 3. The summed E-state index contributed by atoms with van der Waals surface area (Å²) in [7, 11) is 0. The highest BCUT2D eigenvalue weighted by Crippen LogP contribution is 2.19. The molecule has 1 heterocycles. The highest BCUT2D eigenvalue weighted by atomic mass is 16.4. The minimum Gasteiger partial charge on any atom is -0.480 e. The van der Waals surface area contributed by atoms with Crippen molar-refractivity contribution in [1.82, 2.24) is 15.5 Å². The summed E-state index contributed by atoms with van der Waals surface area (Å²) in [5, 5.41) is 14.5. The molecule has 5 N–H and O–H groups in total. The summed E-state index contributed by atoms with van der Waals surface area (Å²) in [5.41, 5.74) is 6.33. The molecule has 1 aliphatic rings. The molecular weight excluding hydrogens is 376 g/mol. The van der Waals surface area contributed by atoms with Crippen molar-refractivity contribution in [2.24, 2.45) is 5.73 Å². The van der Waals surface area contributed by atoms with E-state index in [0.717, 1.165) is 5.56 Å². The lowest BCUT2D eigenvalue weighted by atomic mass is 10.0. The molecule has 1 aliphatic heterocycles. The molecule has 3 amide bonds. The largest absolute Gasteiger partial charge is 0.480 e. The van der Waals surface area contributed by atoms with Crippen LogP contribution in [-0.4, -0.2) is 64.4 Å². The zero-order chi connectivity index (χ0) is 21.6. The molecule has 0 unspecified atom stereocenters. The van der Waals surface area contributed by atoms with Crippen molar-refractivity contribution in [1.29, 1.82) is 0 Å². The second-order valence-corrected chi connectivity index (χ2v) is 7.30. The van der Waals surface area contributed by atoms with Gasteiger partial charge < -0.3 is 26.4 Å². The van der Waals surface area contributed by atoms with Crippen LogP contribution in [0.4, 0.5) is 0 Å². The van der Waals surface area contributed by atoms with Crippen molar-refractivity contribution in [2.75, 3.05) is 6.54 Å². The van der Waals surface area contributed by atoms with Crippen molar-refractivity contribution >= 4 is 23.7 Å². The third-order valence-corrected chi connectivity index (χ3v) is 4.88. The van der Waals surface area contributed by atoms with Crippen molar-refractivity contribution < 1.29 is 24.3 Å². The summed E-state index contributed by atoms with van der Waals surface area (Å²) in [5.74, 6) is -2.53. The molecule has 0 radical (unpaired) electrons. The van der Waals surface area contributed by atoms with Gasteiger partial charge in [0.1, 0.15) is 18.1 Å². The van der Waals surface area contributed by atoms with Gasteiger partial charge in [-0.25, -0.2) is 4.79 Å². The molecule has 0 bridgehead atoms. The fraction of sp³-hybridized carbons (Fsp3) is 0.500. The molecule has 1 fully saturated rings. The average molecular weight is 404 g/mol. The first-order valence-electron chi connectivity index (χ1n) is 9.64. The minimum atomic E-state index is -1.06. The molecule has 29 heavy (non-hydrogen) atoms. The Kier molecular flexibility index (Phi) is 7.72. The van der Waals surface area contributed by atoms with Gasteiger partial charge in [-0.1, -0.05) is 30.3 Å². The number of hydrogen-bond donors (Lipinski definition) is 4. The molecule has 1 aromatic carbocycles. The number of carbonyl (C=O) groups is 4. The topological polar surface area (TPSA) is 142 Å². The third-order valence-electron chi connectivity index (χ3n) is 4.88. The number of carboxylic acids is 1. The number of likely N-dealkylation sites (tertiary alicyclic amines) is 1. The maximum absolute atomic E-state index is 13.1. The van der Waals surface area contributed by atoms with Crippen LogP contribution in [0.25, 0.3) is 0 Å². The van der Waals surface area contributed by atoms with E-state index >= 15 is 0 Å². The smallest absolute Gasteiger partial charge is 0.326 e. The third kappa shape index (κ3) is 6.02. The van der Waals surface area contributed by atoms with Crippen molar-refractivity contribution in [3.8, 4) is 0 Å². The number of aliphatic carboxylic acids is 1. The first-order chi connectivity index (χ1) is 13.7. The Morgan fingerprint density at radius 2 is 1.79 bits per heavy atom. The summed E-state index contributed by atoms with van der Waals surface area (Å²) in [6, 6.07) is 5.62. The number of nitrogens with zero attached hydrogens (tertiary/aromatic N) is 1. The van der Waals surface area contributed by atoms with Gasteiger partial charge in [-0.3, -0.25) is 14.4 Å². The van der Waals surface area contributed by atoms with Crippen LogP contribution in [0.5, 0.6) is 0 Å². The predicted molar refractivity (Wildman–Crippen MR) is 106 cm³/mol.